The van der Waals surface area contributed by atoms with Crippen molar-refractivity contribution in [3.8, 4) is 0 Å². The molecule has 2 aromatic rings. The van der Waals surface area contributed by atoms with Gasteiger partial charge in [0.1, 0.15) is 6.10 Å². The van der Waals surface area contributed by atoms with Crippen molar-refractivity contribution in [1.29, 1.82) is 0 Å². The zero-order chi connectivity index (χ0) is 15.5. The molecule has 1 N–H and O–H groups in total. The largest absolute Gasteiger partial charge is 0.481 e. The summed E-state index contributed by atoms with van der Waals surface area (Å²) in [5.41, 5.74) is 2.58. The summed E-state index contributed by atoms with van der Waals surface area (Å²) < 4.78 is 5.51. The lowest BCUT2D eigenvalue weighted by Gasteiger charge is -2.01. The molecular formula is C18H16O4. The monoisotopic (exact) mass is 296 g/mol. The number of hydrogen-bond acceptors (Lipinski definition) is 3. The predicted molar refractivity (Wildman–Crippen MR) is 80.8 cm³/mol. The highest BCUT2D eigenvalue weighted by molar-refractivity contribution is 6.01. The summed E-state index contributed by atoms with van der Waals surface area (Å²) in [6.07, 6.45) is 0.0236. The molecule has 0 radical (unpaired) electrons. The van der Waals surface area contributed by atoms with Gasteiger partial charge in [-0.2, -0.15) is 0 Å². The lowest BCUT2D eigenvalue weighted by atomic mass is 10.0. The lowest BCUT2D eigenvalue weighted by molar-refractivity contribution is -0.136. The molecule has 1 aliphatic rings. The van der Waals surface area contributed by atoms with Crippen molar-refractivity contribution in [2.45, 2.75) is 25.0 Å². The van der Waals surface area contributed by atoms with Crippen LogP contribution >= 0.6 is 0 Å². The van der Waals surface area contributed by atoms with E-state index in [1.807, 2.05) is 42.5 Å². The van der Waals surface area contributed by atoms with Crippen LogP contribution in [-0.4, -0.2) is 23.0 Å². The van der Waals surface area contributed by atoms with Gasteiger partial charge in [-0.15, -0.1) is 0 Å². The van der Waals surface area contributed by atoms with Gasteiger partial charge in [0.05, 0.1) is 0 Å². The van der Waals surface area contributed by atoms with Crippen LogP contribution in [-0.2, 0) is 16.0 Å². The van der Waals surface area contributed by atoms with E-state index in [2.05, 4.69) is 0 Å². The number of Topliss-reactive ketones (excluding diaryl/α,β-unsaturated/α-hetero) is 1. The highest BCUT2D eigenvalue weighted by atomic mass is 16.6. The number of ether oxygens (including phenoxy) is 1. The SMILES string of the molecule is O=C(O)CCc1ccc(C2OC2C(=O)c2ccccc2)cc1. The van der Waals surface area contributed by atoms with Crippen LogP contribution in [0.2, 0.25) is 0 Å². The third kappa shape index (κ3) is 3.23. The summed E-state index contributed by atoms with van der Waals surface area (Å²) in [7, 11) is 0. The Kier molecular flexibility index (Phi) is 4.02. The van der Waals surface area contributed by atoms with Gasteiger partial charge in [-0.05, 0) is 17.5 Å². The third-order valence-electron chi connectivity index (χ3n) is 3.74. The van der Waals surface area contributed by atoms with Crippen LogP contribution in [0.25, 0.3) is 0 Å². The van der Waals surface area contributed by atoms with E-state index in [0.717, 1.165) is 11.1 Å². The second-order valence-electron chi connectivity index (χ2n) is 5.34. The van der Waals surface area contributed by atoms with Crippen LogP contribution in [0.1, 0.15) is 34.0 Å². The van der Waals surface area contributed by atoms with Gasteiger partial charge < -0.3 is 9.84 Å². The Morgan fingerprint density at radius 3 is 2.32 bits per heavy atom. The van der Waals surface area contributed by atoms with Crippen LogP contribution in [0.4, 0.5) is 0 Å². The number of rotatable bonds is 6. The number of aliphatic carboxylic acids is 1. The molecule has 22 heavy (non-hydrogen) atoms. The van der Waals surface area contributed by atoms with Crippen LogP contribution in [0.15, 0.2) is 54.6 Å². The number of epoxide rings is 1. The number of carbonyl (C=O) groups excluding carboxylic acids is 1. The summed E-state index contributed by atoms with van der Waals surface area (Å²) in [5, 5.41) is 8.67. The molecule has 1 saturated heterocycles. The van der Waals surface area contributed by atoms with Crippen LogP contribution < -0.4 is 0 Å². The molecule has 3 rings (SSSR count). The maximum absolute atomic E-state index is 12.2. The molecule has 4 nitrogen and oxygen atoms in total. The van der Waals surface area contributed by atoms with Crippen molar-refractivity contribution in [3.63, 3.8) is 0 Å². The van der Waals surface area contributed by atoms with Crippen LogP contribution in [0.5, 0.6) is 0 Å². The number of carboxylic acid groups (broad SMARTS) is 1. The van der Waals surface area contributed by atoms with Gasteiger partial charge >= 0.3 is 5.97 Å². The highest BCUT2D eigenvalue weighted by Gasteiger charge is 2.46. The molecule has 1 aliphatic heterocycles. The van der Waals surface area contributed by atoms with E-state index in [4.69, 9.17) is 9.84 Å². The fraction of sp³-hybridized carbons (Fsp3) is 0.222. The number of benzene rings is 2. The zero-order valence-electron chi connectivity index (χ0n) is 11.9. The topological polar surface area (TPSA) is 66.9 Å². The minimum absolute atomic E-state index is 0.000513. The molecule has 2 atom stereocenters. The Morgan fingerprint density at radius 1 is 1.00 bits per heavy atom. The molecule has 0 amide bonds. The summed E-state index contributed by atoms with van der Waals surface area (Å²) in [6, 6.07) is 16.7. The van der Waals surface area contributed by atoms with Crippen molar-refractivity contribution in [3.05, 3.63) is 71.3 Å². The maximum atomic E-state index is 12.2. The van der Waals surface area contributed by atoms with E-state index in [1.54, 1.807) is 12.1 Å². The first-order chi connectivity index (χ1) is 10.6. The average molecular weight is 296 g/mol. The normalized spacial score (nSPS) is 19.6. The minimum atomic E-state index is -0.803. The Bertz CT molecular complexity index is 676. The van der Waals surface area contributed by atoms with Gasteiger partial charge in [0.15, 0.2) is 11.9 Å². The van der Waals surface area contributed by atoms with E-state index in [9.17, 15) is 9.59 Å². The number of carbonyl (C=O) groups is 2. The molecule has 2 aromatic carbocycles. The first-order valence-electron chi connectivity index (χ1n) is 7.20. The Labute approximate surface area is 128 Å². The lowest BCUT2D eigenvalue weighted by Crippen LogP contribution is -2.07. The number of hydrogen-bond donors (Lipinski definition) is 1. The summed E-state index contributed by atoms with van der Waals surface area (Å²) in [4.78, 5) is 22.8. The smallest absolute Gasteiger partial charge is 0.303 e. The Morgan fingerprint density at radius 2 is 1.68 bits per heavy atom. The number of carboxylic acids is 1. The molecule has 1 fully saturated rings. The molecule has 1 heterocycles. The molecule has 0 aromatic heterocycles. The Hall–Kier alpha value is -2.46. The molecule has 0 bridgehead atoms. The first kappa shape index (κ1) is 14.5. The average Bonchev–Trinajstić information content (AvgIpc) is 3.34. The third-order valence-corrected chi connectivity index (χ3v) is 3.74. The van der Waals surface area contributed by atoms with E-state index in [0.29, 0.717) is 12.0 Å². The fourth-order valence-electron chi connectivity index (χ4n) is 2.46. The van der Waals surface area contributed by atoms with E-state index in [-0.39, 0.29) is 18.3 Å². The summed E-state index contributed by atoms with van der Waals surface area (Å²) in [6.45, 7) is 0. The quantitative estimate of drug-likeness (QED) is 0.657. The second-order valence-corrected chi connectivity index (χ2v) is 5.34. The van der Waals surface area contributed by atoms with E-state index >= 15 is 0 Å². The van der Waals surface area contributed by atoms with E-state index < -0.39 is 12.1 Å². The maximum Gasteiger partial charge on any atom is 0.303 e. The van der Waals surface area contributed by atoms with Crippen molar-refractivity contribution in [2.24, 2.45) is 0 Å². The van der Waals surface area contributed by atoms with Crippen molar-refractivity contribution < 1.29 is 19.4 Å². The highest BCUT2D eigenvalue weighted by Crippen LogP contribution is 2.40. The van der Waals surface area contributed by atoms with Gasteiger partial charge in [-0.1, -0.05) is 54.6 Å². The number of aryl methyl sites for hydroxylation is 1. The number of ketones is 1. The van der Waals surface area contributed by atoms with Gasteiger partial charge in [0.25, 0.3) is 0 Å². The van der Waals surface area contributed by atoms with Gasteiger partial charge in [-0.25, -0.2) is 0 Å². The minimum Gasteiger partial charge on any atom is -0.481 e. The molecule has 0 saturated carbocycles. The zero-order valence-corrected chi connectivity index (χ0v) is 11.9. The van der Waals surface area contributed by atoms with Gasteiger partial charge in [0.2, 0.25) is 0 Å². The molecule has 4 heteroatoms. The standard InChI is InChI=1S/C18H16O4/c19-15(20)11-8-12-6-9-14(10-7-12)17-18(22-17)16(21)13-4-2-1-3-5-13/h1-7,9-10,17-18H,8,11H2,(H,19,20). The van der Waals surface area contributed by atoms with Crippen LogP contribution in [0, 0.1) is 0 Å². The van der Waals surface area contributed by atoms with Gasteiger partial charge in [-0.3, -0.25) is 9.59 Å². The van der Waals surface area contributed by atoms with E-state index in [1.165, 1.54) is 0 Å². The Balaban J connectivity index is 1.62. The fourth-order valence-corrected chi connectivity index (χ4v) is 2.46. The molecule has 0 spiro atoms. The molecule has 2 unspecified atom stereocenters. The predicted octanol–water partition coefficient (Wildman–Crippen LogP) is 3.03. The second kappa shape index (κ2) is 6.12. The van der Waals surface area contributed by atoms with Crippen molar-refractivity contribution >= 4 is 11.8 Å². The molecule has 0 aliphatic carbocycles. The molecule has 112 valence electrons. The first-order valence-corrected chi connectivity index (χ1v) is 7.20. The summed E-state index contributed by atoms with van der Waals surface area (Å²) >= 11 is 0. The summed E-state index contributed by atoms with van der Waals surface area (Å²) in [5.74, 6) is -0.802. The van der Waals surface area contributed by atoms with Crippen LogP contribution in [0.3, 0.4) is 0 Å². The molecular weight excluding hydrogens is 280 g/mol. The van der Waals surface area contributed by atoms with Crippen molar-refractivity contribution in [1.82, 2.24) is 0 Å². The van der Waals surface area contributed by atoms with Gasteiger partial charge in [0, 0.05) is 12.0 Å². The van der Waals surface area contributed by atoms with Crippen molar-refractivity contribution in [2.75, 3.05) is 0 Å².